The molecule has 1 aromatic carbocycles. The van der Waals surface area contributed by atoms with Crippen LogP contribution in [-0.4, -0.2) is 63.7 Å². The number of ether oxygens (including phenoxy) is 5. The minimum absolute atomic E-state index is 0.0591. The molecule has 0 aromatic heterocycles. The maximum atomic E-state index is 11.0. The van der Waals surface area contributed by atoms with Gasteiger partial charge in [-0.2, -0.15) is 0 Å². The minimum Gasteiger partial charge on any atom is -0.484 e. The summed E-state index contributed by atoms with van der Waals surface area (Å²) >= 11 is 0. The Morgan fingerprint density at radius 3 is 2.27 bits per heavy atom. The lowest BCUT2D eigenvalue weighted by Gasteiger charge is -2.09. The van der Waals surface area contributed by atoms with E-state index in [-0.39, 0.29) is 31.3 Å². The van der Waals surface area contributed by atoms with Gasteiger partial charge in [-0.25, -0.2) is 4.79 Å². The lowest BCUT2D eigenvalue weighted by atomic mass is 10.2. The van der Waals surface area contributed by atoms with Crippen LogP contribution in [0.5, 0.6) is 5.75 Å². The highest BCUT2D eigenvalue weighted by Gasteiger charge is 2.14. The predicted octanol–water partition coefficient (Wildman–Crippen LogP) is 1.89. The van der Waals surface area contributed by atoms with Crippen molar-refractivity contribution in [3.8, 4) is 5.75 Å². The quantitative estimate of drug-likeness (QED) is 0.211. The molecule has 0 aliphatic heterocycles. The van der Waals surface area contributed by atoms with Crippen molar-refractivity contribution in [1.29, 1.82) is 0 Å². The van der Waals surface area contributed by atoms with Crippen LogP contribution in [0.2, 0.25) is 0 Å². The fourth-order valence-corrected chi connectivity index (χ4v) is 1.90. The molecular formula is C17H25NO8. The van der Waals surface area contributed by atoms with Gasteiger partial charge in [-0.05, 0) is 25.5 Å². The fourth-order valence-electron chi connectivity index (χ4n) is 1.90. The van der Waals surface area contributed by atoms with Gasteiger partial charge in [-0.3, -0.25) is 10.1 Å². The Morgan fingerprint density at radius 1 is 1.04 bits per heavy atom. The van der Waals surface area contributed by atoms with Crippen LogP contribution in [0.25, 0.3) is 0 Å². The van der Waals surface area contributed by atoms with E-state index in [9.17, 15) is 14.9 Å². The van der Waals surface area contributed by atoms with Crippen LogP contribution in [0, 0.1) is 17.0 Å². The van der Waals surface area contributed by atoms with Crippen molar-refractivity contribution in [2.75, 3.05) is 52.9 Å². The van der Waals surface area contributed by atoms with Gasteiger partial charge in [0.15, 0.2) is 5.75 Å². The highest BCUT2D eigenvalue weighted by atomic mass is 16.6. The van der Waals surface area contributed by atoms with E-state index in [0.29, 0.717) is 33.0 Å². The third kappa shape index (κ3) is 9.30. The highest BCUT2D eigenvalue weighted by Crippen LogP contribution is 2.27. The number of benzene rings is 1. The first-order valence-corrected chi connectivity index (χ1v) is 8.31. The Labute approximate surface area is 152 Å². The number of carbonyl (C=O) groups excluding carboxylic acids is 1. The number of hydrogen-bond donors (Lipinski definition) is 0. The fraction of sp³-hybridized carbons (Fsp3) is 0.588. The molecule has 0 aliphatic carbocycles. The van der Waals surface area contributed by atoms with Gasteiger partial charge in [-0.1, -0.05) is 6.07 Å². The van der Waals surface area contributed by atoms with Gasteiger partial charge in [0.2, 0.25) is 0 Å². The third-order valence-corrected chi connectivity index (χ3v) is 3.07. The molecule has 0 saturated carbocycles. The van der Waals surface area contributed by atoms with Gasteiger partial charge >= 0.3 is 11.7 Å². The van der Waals surface area contributed by atoms with Crippen molar-refractivity contribution in [1.82, 2.24) is 0 Å². The molecule has 1 rings (SSSR count). The molecule has 0 spiro atoms. The number of carbonyl (C=O) groups is 1. The van der Waals surface area contributed by atoms with Crippen LogP contribution in [0.4, 0.5) is 5.69 Å². The second kappa shape index (κ2) is 13.0. The molecule has 0 N–H and O–H groups in total. The standard InChI is InChI=1S/C17H25NO8/c1-3-25-17(19)13-24-9-8-22-6-7-23-10-11-26-16-5-4-14(2)12-15(16)18(20)21/h4-5,12H,3,6-11,13H2,1-2H3. The molecule has 0 aliphatic rings. The molecule has 0 fully saturated rings. The van der Waals surface area contributed by atoms with E-state index >= 15 is 0 Å². The number of nitrogens with zero attached hydrogens (tertiary/aromatic N) is 1. The van der Waals surface area contributed by atoms with E-state index in [1.165, 1.54) is 6.07 Å². The Hall–Kier alpha value is -2.23. The molecular weight excluding hydrogens is 346 g/mol. The molecule has 1 aromatic rings. The summed E-state index contributed by atoms with van der Waals surface area (Å²) in [7, 11) is 0. The Bertz CT molecular complexity index is 564. The molecule has 0 radical (unpaired) electrons. The molecule has 9 heteroatoms. The molecule has 0 saturated heterocycles. The van der Waals surface area contributed by atoms with Gasteiger partial charge in [0.1, 0.15) is 13.2 Å². The summed E-state index contributed by atoms with van der Waals surface area (Å²) < 4.78 is 25.8. The minimum atomic E-state index is -0.471. The Kier molecular flexibility index (Phi) is 10.9. The topological polar surface area (TPSA) is 106 Å². The number of nitro groups is 1. The van der Waals surface area contributed by atoms with E-state index in [4.69, 9.17) is 23.7 Å². The molecule has 146 valence electrons. The maximum absolute atomic E-state index is 11.0. The first-order chi connectivity index (χ1) is 12.5. The average Bonchev–Trinajstić information content (AvgIpc) is 2.60. The molecule has 0 amide bonds. The summed E-state index contributed by atoms with van der Waals surface area (Å²) in [5.41, 5.74) is 0.736. The van der Waals surface area contributed by atoms with E-state index < -0.39 is 10.9 Å². The van der Waals surface area contributed by atoms with E-state index in [1.807, 2.05) is 0 Å². The van der Waals surface area contributed by atoms with Crippen LogP contribution >= 0.6 is 0 Å². The number of rotatable bonds is 14. The van der Waals surface area contributed by atoms with Crippen LogP contribution < -0.4 is 4.74 Å². The predicted molar refractivity (Wildman–Crippen MR) is 92.4 cm³/mol. The summed E-state index contributed by atoms with van der Waals surface area (Å²) in [5, 5.41) is 11.0. The molecule has 9 nitrogen and oxygen atoms in total. The first-order valence-electron chi connectivity index (χ1n) is 8.31. The average molecular weight is 371 g/mol. The van der Waals surface area contributed by atoms with Gasteiger partial charge in [0, 0.05) is 6.07 Å². The van der Waals surface area contributed by atoms with E-state index in [0.717, 1.165) is 5.56 Å². The molecule has 0 heterocycles. The van der Waals surface area contributed by atoms with Gasteiger partial charge in [0.05, 0.1) is 44.6 Å². The monoisotopic (exact) mass is 371 g/mol. The van der Waals surface area contributed by atoms with Crippen molar-refractivity contribution in [2.45, 2.75) is 13.8 Å². The molecule has 26 heavy (non-hydrogen) atoms. The number of hydrogen-bond acceptors (Lipinski definition) is 8. The zero-order valence-corrected chi connectivity index (χ0v) is 15.1. The Morgan fingerprint density at radius 2 is 1.65 bits per heavy atom. The van der Waals surface area contributed by atoms with Crippen LogP contribution in [-0.2, 0) is 23.7 Å². The lowest BCUT2D eigenvalue weighted by molar-refractivity contribution is -0.385. The Balaban J connectivity index is 2.02. The largest absolute Gasteiger partial charge is 0.484 e. The maximum Gasteiger partial charge on any atom is 0.332 e. The summed E-state index contributed by atoms with van der Waals surface area (Å²) in [4.78, 5) is 21.5. The number of nitro benzene ring substituents is 1. The van der Waals surface area contributed by atoms with Gasteiger partial charge in [-0.15, -0.1) is 0 Å². The molecule has 0 bridgehead atoms. The van der Waals surface area contributed by atoms with Crippen LogP contribution in [0.1, 0.15) is 12.5 Å². The molecule has 0 atom stereocenters. The van der Waals surface area contributed by atoms with Crippen LogP contribution in [0.3, 0.4) is 0 Å². The smallest absolute Gasteiger partial charge is 0.332 e. The SMILES string of the molecule is CCOC(=O)COCCOCCOCCOc1ccc(C)cc1[N+](=O)[O-]. The zero-order chi connectivity index (χ0) is 19.2. The highest BCUT2D eigenvalue weighted by molar-refractivity contribution is 5.70. The van der Waals surface area contributed by atoms with Crippen molar-refractivity contribution in [3.05, 3.63) is 33.9 Å². The first kappa shape index (κ1) is 21.8. The summed E-state index contributed by atoms with van der Waals surface area (Å²) in [6, 6.07) is 4.79. The molecule has 0 unspecified atom stereocenters. The zero-order valence-electron chi connectivity index (χ0n) is 15.1. The van der Waals surface area contributed by atoms with Gasteiger partial charge < -0.3 is 23.7 Å². The summed E-state index contributed by atoms with van der Waals surface area (Å²) in [5.74, 6) is -0.177. The number of aryl methyl sites for hydroxylation is 1. The van der Waals surface area contributed by atoms with Gasteiger partial charge in [0.25, 0.3) is 0 Å². The normalized spacial score (nSPS) is 10.5. The van der Waals surface area contributed by atoms with Crippen molar-refractivity contribution >= 4 is 11.7 Å². The number of esters is 1. The second-order valence-electron chi connectivity index (χ2n) is 5.16. The van der Waals surface area contributed by atoms with E-state index in [2.05, 4.69) is 0 Å². The van der Waals surface area contributed by atoms with Crippen molar-refractivity contribution in [3.63, 3.8) is 0 Å². The summed E-state index contributed by atoms with van der Waals surface area (Å²) in [6.45, 7) is 5.60. The third-order valence-electron chi connectivity index (χ3n) is 3.07. The van der Waals surface area contributed by atoms with Crippen molar-refractivity contribution < 1.29 is 33.4 Å². The van der Waals surface area contributed by atoms with E-state index in [1.54, 1.807) is 26.0 Å². The lowest BCUT2D eigenvalue weighted by Crippen LogP contribution is -2.16. The van der Waals surface area contributed by atoms with Crippen LogP contribution in [0.15, 0.2) is 18.2 Å². The summed E-state index contributed by atoms with van der Waals surface area (Å²) in [6.07, 6.45) is 0. The second-order valence-corrected chi connectivity index (χ2v) is 5.16. The van der Waals surface area contributed by atoms with Crippen molar-refractivity contribution in [2.24, 2.45) is 0 Å².